The number of rotatable bonds is 7. The summed E-state index contributed by atoms with van der Waals surface area (Å²) in [6.45, 7) is 0. The van der Waals surface area contributed by atoms with Crippen molar-refractivity contribution < 1.29 is 23.4 Å². The number of carbonyl (C=O) groups excluding carboxylic acids is 1. The van der Waals surface area contributed by atoms with Crippen LogP contribution in [0.1, 0.15) is 15.9 Å². The Bertz CT molecular complexity index is 1090. The molecule has 154 valence electrons. The third-order valence-electron chi connectivity index (χ3n) is 3.81. The van der Waals surface area contributed by atoms with Gasteiger partial charge < -0.3 is 14.2 Å². The first-order valence-corrected chi connectivity index (χ1v) is 8.90. The van der Waals surface area contributed by atoms with E-state index in [2.05, 4.69) is 20.5 Å². The number of benzene rings is 2. The minimum atomic E-state index is -0.772. The number of hydrazone groups is 1. The maximum Gasteiger partial charge on any atom is 0.275 e. The van der Waals surface area contributed by atoms with E-state index < -0.39 is 11.7 Å². The third-order valence-corrected chi connectivity index (χ3v) is 3.99. The maximum atomic E-state index is 13.8. The Morgan fingerprint density at radius 2 is 1.90 bits per heavy atom. The van der Waals surface area contributed by atoms with Crippen LogP contribution in [0.3, 0.4) is 0 Å². The van der Waals surface area contributed by atoms with Crippen LogP contribution in [0.25, 0.3) is 0 Å². The Morgan fingerprint density at radius 1 is 1.13 bits per heavy atom. The molecular weight excluding hydrogens is 415 g/mol. The van der Waals surface area contributed by atoms with Crippen LogP contribution in [0.5, 0.6) is 23.1 Å². The van der Waals surface area contributed by atoms with Gasteiger partial charge in [0, 0.05) is 0 Å². The second kappa shape index (κ2) is 9.66. The first kappa shape index (κ1) is 21.0. The van der Waals surface area contributed by atoms with Crippen LogP contribution in [-0.4, -0.2) is 36.3 Å². The zero-order valence-corrected chi connectivity index (χ0v) is 16.7. The highest BCUT2D eigenvalue weighted by Gasteiger charge is 2.13. The molecule has 10 heteroatoms. The summed E-state index contributed by atoms with van der Waals surface area (Å²) in [5.74, 6) is -0.590. The molecule has 0 aliphatic rings. The van der Waals surface area contributed by atoms with E-state index in [0.717, 1.165) is 6.20 Å². The van der Waals surface area contributed by atoms with Crippen LogP contribution >= 0.6 is 11.6 Å². The Labute approximate surface area is 176 Å². The number of carbonyl (C=O) groups is 1. The van der Waals surface area contributed by atoms with E-state index in [1.165, 1.54) is 26.5 Å². The van der Waals surface area contributed by atoms with Crippen molar-refractivity contribution in [1.82, 2.24) is 15.4 Å². The standard InChI is InChI=1S/C20H16ClFN4O4/c1-28-15-6-4-3-5-13(15)18(27)26-24-10-12-7-8-16(17(9-12)29-2)30-19-14(22)11-23-20(21)25-19/h3-11H,1-2H3,(H,26,27)/b24-10-. The van der Waals surface area contributed by atoms with Crippen LogP contribution < -0.4 is 19.6 Å². The quantitative estimate of drug-likeness (QED) is 0.347. The number of para-hydroxylation sites is 1. The molecule has 1 aromatic heterocycles. The van der Waals surface area contributed by atoms with Gasteiger partial charge in [0.2, 0.25) is 11.1 Å². The van der Waals surface area contributed by atoms with Crippen molar-refractivity contribution in [3.8, 4) is 23.1 Å². The molecule has 0 bridgehead atoms. The maximum absolute atomic E-state index is 13.8. The number of halogens is 2. The molecular formula is C20H16ClFN4O4. The zero-order valence-electron chi connectivity index (χ0n) is 15.9. The van der Waals surface area contributed by atoms with E-state index in [1.54, 1.807) is 36.4 Å². The topological polar surface area (TPSA) is 94.9 Å². The van der Waals surface area contributed by atoms with E-state index >= 15 is 0 Å². The molecule has 1 heterocycles. The molecule has 0 saturated heterocycles. The van der Waals surface area contributed by atoms with Gasteiger partial charge in [0.25, 0.3) is 11.8 Å². The predicted octanol–water partition coefficient (Wildman–Crippen LogP) is 3.84. The minimum absolute atomic E-state index is 0.153. The largest absolute Gasteiger partial charge is 0.496 e. The number of ether oxygens (including phenoxy) is 3. The van der Waals surface area contributed by atoms with Gasteiger partial charge in [-0.25, -0.2) is 10.4 Å². The summed E-state index contributed by atoms with van der Waals surface area (Å²) in [4.78, 5) is 19.5. The van der Waals surface area contributed by atoms with Crippen LogP contribution in [-0.2, 0) is 0 Å². The van der Waals surface area contributed by atoms with E-state index in [9.17, 15) is 9.18 Å². The molecule has 3 rings (SSSR count). The summed E-state index contributed by atoms with van der Waals surface area (Å²) in [5, 5.41) is 3.78. The highest BCUT2D eigenvalue weighted by atomic mass is 35.5. The van der Waals surface area contributed by atoms with Crippen molar-refractivity contribution >= 4 is 23.7 Å². The van der Waals surface area contributed by atoms with Gasteiger partial charge in [-0.3, -0.25) is 4.79 Å². The summed E-state index contributed by atoms with van der Waals surface area (Å²) in [6, 6.07) is 11.5. The molecule has 0 aliphatic carbocycles. The lowest BCUT2D eigenvalue weighted by atomic mass is 10.2. The lowest BCUT2D eigenvalue weighted by Crippen LogP contribution is -2.18. The Hall–Kier alpha value is -3.72. The first-order valence-electron chi connectivity index (χ1n) is 8.52. The number of nitrogens with one attached hydrogen (secondary N) is 1. The molecule has 1 N–H and O–H groups in total. The first-order chi connectivity index (χ1) is 14.5. The summed E-state index contributed by atoms with van der Waals surface area (Å²) in [6.07, 6.45) is 2.32. The van der Waals surface area contributed by atoms with Crippen LogP contribution in [0.4, 0.5) is 4.39 Å². The van der Waals surface area contributed by atoms with Gasteiger partial charge >= 0.3 is 0 Å². The average Bonchev–Trinajstić information content (AvgIpc) is 2.76. The van der Waals surface area contributed by atoms with Gasteiger partial charge in [-0.2, -0.15) is 14.5 Å². The molecule has 0 atom stereocenters. The zero-order chi connectivity index (χ0) is 21.5. The van der Waals surface area contributed by atoms with E-state index in [-0.39, 0.29) is 16.9 Å². The van der Waals surface area contributed by atoms with Crippen LogP contribution in [0.2, 0.25) is 5.28 Å². The van der Waals surface area contributed by atoms with Crippen LogP contribution in [0.15, 0.2) is 53.8 Å². The molecule has 0 spiro atoms. The van der Waals surface area contributed by atoms with E-state index in [4.69, 9.17) is 25.8 Å². The second-order valence-electron chi connectivity index (χ2n) is 5.70. The molecule has 0 fully saturated rings. The number of hydrogen-bond donors (Lipinski definition) is 1. The van der Waals surface area contributed by atoms with Crippen molar-refractivity contribution in [2.24, 2.45) is 5.10 Å². The van der Waals surface area contributed by atoms with Gasteiger partial charge in [-0.05, 0) is 47.5 Å². The van der Waals surface area contributed by atoms with Crippen molar-refractivity contribution in [3.63, 3.8) is 0 Å². The van der Waals surface area contributed by atoms with Gasteiger partial charge in [-0.15, -0.1) is 0 Å². The summed E-state index contributed by atoms with van der Waals surface area (Å²) in [7, 11) is 2.91. The van der Waals surface area contributed by atoms with Gasteiger partial charge in [-0.1, -0.05) is 12.1 Å². The highest BCUT2D eigenvalue weighted by Crippen LogP contribution is 2.32. The van der Waals surface area contributed by atoms with Crippen molar-refractivity contribution in [1.29, 1.82) is 0 Å². The van der Waals surface area contributed by atoms with Crippen molar-refractivity contribution in [2.45, 2.75) is 0 Å². The molecule has 3 aromatic rings. The lowest BCUT2D eigenvalue weighted by molar-refractivity contribution is 0.0952. The fourth-order valence-electron chi connectivity index (χ4n) is 2.41. The SMILES string of the molecule is COc1cc(/C=N\NC(=O)c2ccccc2OC)ccc1Oc1nc(Cl)ncc1F. The summed E-state index contributed by atoms with van der Waals surface area (Å²) in [5.41, 5.74) is 3.37. The Kier molecular flexibility index (Phi) is 6.76. The average molecular weight is 431 g/mol. The molecule has 0 radical (unpaired) electrons. The van der Waals surface area contributed by atoms with Gasteiger partial charge in [0.15, 0.2) is 11.5 Å². The Balaban J connectivity index is 1.73. The molecule has 0 saturated carbocycles. The van der Waals surface area contributed by atoms with Crippen molar-refractivity contribution in [2.75, 3.05) is 14.2 Å². The third kappa shape index (κ3) is 5.00. The normalized spacial score (nSPS) is 10.7. The summed E-state index contributed by atoms with van der Waals surface area (Å²) >= 11 is 5.67. The molecule has 0 aliphatic heterocycles. The molecule has 30 heavy (non-hydrogen) atoms. The number of aromatic nitrogens is 2. The Morgan fingerprint density at radius 3 is 2.67 bits per heavy atom. The number of amides is 1. The number of hydrogen-bond acceptors (Lipinski definition) is 7. The minimum Gasteiger partial charge on any atom is -0.496 e. The molecule has 0 unspecified atom stereocenters. The number of methoxy groups -OCH3 is 2. The highest BCUT2D eigenvalue weighted by molar-refractivity contribution is 6.28. The van der Waals surface area contributed by atoms with Gasteiger partial charge in [0.1, 0.15) is 5.75 Å². The van der Waals surface area contributed by atoms with Crippen LogP contribution in [0, 0.1) is 5.82 Å². The summed E-state index contributed by atoms with van der Waals surface area (Å²) < 4.78 is 29.6. The van der Waals surface area contributed by atoms with E-state index in [1.807, 2.05) is 0 Å². The monoisotopic (exact) mass is 430 g/mol. The van der Waals surface area contributed by atoms with Crippen molar-refractivity contribution in [3.05, 3.63) is 70.9 Å². The molecule has 8 nitrogen and oxygen atoms in total. The molecule has 1 amide bonds. The second-order valence-corrected chi connectivity index (χ2v) is 6.04. The van der Waals surface area contributed by atoms with E-state index in [0.29, 0.717) is 22.6 Å². The lowest BCUT2D eigenvalue weighted by Gasteiger charge is -2.10. The fourth-order valence-corrected chi connectivity index (χ4v) is 2.54. The fraction of sp³-hybridized carbons (Fsp3) is 0.100. The molecule has 2 aromatic carbocycles. The van der Waals surface area contributed by atoms with Gasteiger partial charge in [0.05, 0.1) is 32.2 Å². The predicted molar refractivity (Wildman–Crippen MR) is 108 cm³/mol. The number of nitrogens with zero attached hydrogens (tertiary/aromatic N) is 3. The smallest absolute Gasteiger partial charge is 0.275 e.